The topological polar surface area (TPSA) is 38.1 Å². The van der Waals surface area contributed by atoms with Crippen molar-refractivity contribution in [3.63, 3.8) is 0 Å². The van der Waals surface area contributed by atoms with Gasteiger partial charge in [0.1, 0.15) is 5.52 Å². The second kappa shape index (κ2) is 3.91. The molecule has 2 aromatic rings. The van der Waals surface area contributed by atoms with E-state index in [1.165, 1.54) is 12.0 Å². The van der Waals surface area contributed by atoms with Crippen LogP contribution < -0.4 is 5.32 Å². The number of fused-ring (bicyclic) bond motifs is 1. The smallest absolute Gasteiger partial charge is 0.192 e. The van der Waals surface area contributed by atoms with E-state index in [1.54, 1.807) is 0 Å². The average Bonchev–Trinajstić information content (AvgIpc) is 2.86. The van der Waals surface area contributed by atoms with Crippen LogP contribution in [-0.4, -0.2) is 18.1 Å². The first-order valence-corrected chi connectivity index (χ1v) is 5.88. The predicted molar refractivity (Wildman–Crippen MR) is 63.4 cm³/mol. The van der Waals surface area contributed by atoms with Gasteiger partial charge in [-0.2, -0.15) is 0 Å². The Hall–Kier alpha value is -1.35. The van der Waals surface area contributed by atoms with Crippen LogP contribution in [0.4, 0.5) is 0 Å². The van der Waals surface area contributed by atoms with Crippen molar-refractivity contribution in [2.45, 2.75) is 19.8 Å². The van der Waals surface area contributed by atoms with Crippen molar-refractivity contribution < 1.29 is 4.42 Å². The molecule has 3 rings (SSSR count). The number of benzene rings is 1. The lowest BCUT2D eigenvalue weighted by molar-refractivity contribution is 0.542. The molecule has 0 radical (unpaired) electrons. The van der Waals surface area contributed by atoms with Gasteiger partial charge in [-0.25, -0.2) is 4.98 Å². The number of aromatic nitrogens is 1. The summed E-state index contributed by atoms with van der Waals surface area (Å²) in [5.41, 5.74) is 3.26. The van der Waals surface area contributed by atoms with E-state index in [4.69, 9.17) is 4.42 Å². The van der Waals surface area contributed by atoms with Crippen molar-refractivity contribution in [2.75, 3.05) is 13.1 Å². The van der Waals surface area contributed by atoms with Crippen LogP contribution in [0.2, 0.25) is 0 Å². The van der Waals surface area contributed by atoms with E-state index in [0.29, 0.717) is 0 Å². The van der Waals surface area contributed by atoms with Crippen molar-refractivity contribution in [1.82, 2.24) is 10.3 Å². The van der Waals surface area contributed by atoms with Gasteiger partial charge in [0, 0.05) is 6.92 Å². The first kappa shape index (κ1) is 9.85. The van der Waals surface area contributed by atoms with E-state index >= 15 is 0 Å². The zero-order chi connectivity index (χ0) is 11.0. The summed E-state index contributed by atoms with van der Waals surface area (Å²) < 4.78 is 5.68. The van der Waals surface area contributed by atoms with Crippen molar-refractivity contribution in [1.29, 1.82) is 0 Å². The highest BCUT2D eigenvalue weighted by atomic mass is 16.3. The van der Waals surface area contributed by atoms with Gasteiger partial charge in [0.05, 0.1) is 0 Å². The molecule has 1 N–H and O–H groups in total. The van der Waals surface area contributed by atoms with E-state index in [-0.39, 0.29) is 0 Å². The van der Waals surface area contributed by atoms with E-state index in [1.807, 2.05) is 13.0 Å². The number of hydrogen-bond acceptors (Lipinski definition) is 3. The fraction of sp³-hybridized carbons (Fsp3) is 0.462. The Bertz CT molecular complexity index is 498. The first-order chi connectivity index (χ1) is 7.83. The number of rotatable bonds is 2. The summed E-state index contributed by atoms with van der Waals surface area (Å²) in [5.74, 6) is 1.50. The number of oxazole rings is 1. The molecule has 3 nitrogen and oxygen atoms in total. The third-order valence-electron chi connectivity index (χ3n) is 3.27. The Morgan fingerprint density at radius 1 is 1.50 bits per heavy atom. The standard InChI is InChI=1S/C13H16N2O/c1-9-15-12-4-2-3-11(13(12)16-9)7-10-5-6-14-8-10/h2-4,10,14H,5-8H2,1H3. The molecule has 0 saturated carbocycles. The van der Waals surface area contributed by atoms with Gasteiger partial charge in [-0.3, -0.25) is 0 Å². The quantitative estimate of drug-likeness (QED) is 0.837. The highest BCUT2D eigenvalue weighted by Crippen LogP contribution is 2.24. The van der Waals surface area contributed by atoms with Crippen LogP contribution >= 0.6 is 0 Å². The molecule has 1 aliphatic heterocycles. The molecule has 16 heavy (non-hydrogen) atoms. The van der Waals surface area contributed by atoms with Gasteiger partial charge in [0.15, 0.2) is 11.5 Å². The Morgan fingerprint density at radius 2 is 2.44 bits per heavy atom. The van der Waals surface area contributed by atoms with E-state index < -0.39 is 0 Å². The Kier molecular flexibility index (Phi) is 2.40. The summed E-state index contributed by atoms with van der Waals surface area (Å²) in [6.07, 6.45) is 2.36. The van der Waals surface area contributed by atoms with Gasteiger partial charge in [-0.1, -0.05) is 12.1 Å². The molecule has 0 aliphatic carbocycles. The molecular weight excluding hydrogens is 200 g/mol. The van der Waals surface area contributed by atoms with Crippen LogP contribution in [0.1, 0.15) is 17.9 Å². The molecule has 0 spiro atoms. The van der Waals surface area contributed by atoms with Crippen molar-refractivity contribution in [3.8, 4) is 0 Å². The number of para-hydroxylation sites is 1. The van der Waals surface area contributed by atoms with E-state index in [2.05, 4.69) is 22.4 Å². The zero-order valence-electron chi connectivity index (χ0n) is 9.49. The Labute approximate surface area is 94.9 Å². The molecule has 0 bridgehead atoms. The second-order valence-corrected chi connectivity index (χ2v) is 4.56. The zero-order valence-corrected chi connectivity index (χ0v) is 9.49. The number of nitrogens with zero attached hydrogens (tertiary/aromatic N) is 1. The van der Waals surface area contributed by atoms with Gasteiger partial charge >= 0.3 is 0 Å². The summed E-state index contributed by atoms with van der Waals surface area (Å²) in [6.45, 7) is 4.18. The molecule has 1 atom stereocenters. The van der Waals surface area contributed by atoms with Gasteiger partial charge in [0.2, 0.25) is 0 Å². The molecule has 1 fully saturated rings. The van der Waals surface area contributed by atoms with Crippen LogP contribution in [0.25, 0.3) is 11.1 Å². The maximum Gasteiger partial charge on any atom is 0.192 e. The summed E-state index contributed by atoms with van der Waals surface area (Å²) in [6, 6.07) is 6.25. The monoisotopic (exact) mass is 216 g/mol. The molecule has 1 unspecified atom stereocenters. The summed E-state index contributed by atoms with van der Waals surface area (Å²) in [5, 5.41) is 3.40. The Morgan fingerprint density at radius 3 is 3.25 bits per heavy atom. The third kappa shape index (κ3) is 1.71. The van der Waals surface area contributed by atoms with Crippen LogP contribution in [0, 0.1) is 12.8 Å². The van der Waals surface area contributed by atoms with Crippen molar-refractivity contribution in [3.05, 3.63) is 29.7 Å². The fourth-order valence-corrected chi connectivity index (χ4v) is 2.48. The summed E-state index contributed by atoms with van der Waals surface area (Å²) in [7, 11) is 0. The maximum atomic E-state index is 5.68. The van der Waals surface area contributed by atoms with Crippen LogP contribution in [-0.2, 0) is 6.42 Å². The van der Waals surface area contributed by atoms with Crippen LogP contribution in [0.3, 0.4) is 0 Å². The van der Waals surface area contributed by atoms with Crippen molar-refractivity contribution in [2.24, 2.45) is 5.92 Å². The summed E-state index contributed by atoms with van der Waals surface area (Å²) >= 11 is 0. The molecule has 1 aromatic carbocycles. The number of nitrogens with one attached hydrogen (secondary N) is 1. The highest BCUT2D eigenvalue weighted by molar-refractivity contribution is 5.76. The average molecular weight is 216 g/mol. The Balaban J connectivity index is 1.95. The maximum absolute atomic E-state index is 5.68. The molecule has 3 heteroatoms. The second-order valence-electron chi connectivity index (χ2n) is 4.56. The molecule has 1 saturated heterocycles. The largest absolute Gasteiger partial charge is 0.441 e. The third-order valence-corrected chi connectivity index (χ3v) is 3.27. The minimum Gasteiger partial charge on any atom is -0.441 e. The molecule has 2 heterocycles. The highest BCUT2D eigenvalue weighted by Gasteiger charge is 2.17. The molecule has 1 aromatic heterocycles. The lowest BCUT2D eigenvalue weighted by Gasteiger charge is -2.07. The molecule has 84 valence electrons. The van der Waals surface area contributed by atoms with Crippen LogP contribution in [0.5, 0.6) is 0 Å². The molecule has 1 aliphatic rings. The normalized spacial score (nSPS) is 20.7. The predicted octanol–water partition coefficient (Wildman–Crippen LogP) is 2.29. The first-order valence-electron chi connectivity index (χ1n) is 5.88. The SMILES string of the molecule is Cc1nc2cccc(CC3CCNC3)c2o1. The van der Waals surface area contributed by atoms with Gasteiger partial charge in [0.25, 0.3) is 0 Å². The summed E-state index contributed by atoms with van der Waals surface area (Å²) in [4.78, 5) is 4.37. The van der Waals surface area contributed by atoms with Gasteiger partial charge < -0.3 is 9.73 Å². The van der Waals surface area contributed by atoms with E-state index in [0.717, 1.165) is 42.4 Å². The molecule has 0 amide bonds. The lowest BCUT2D eigenvalue weighted by atomic mass is 9.98. The van der Waals surface area contributed by atoms with Crippen molar-refractivity contribution >= 4 is 11.1 Å². The van der Waals surface area contributed by atoms with Crippen LogP contribution in [0.15, 0.2) is 22.6 Å². The minimum atomic E-state index is 0.746. The van der Waals surface area contributed by atoms with Gasteiger partial charge in [-0.15, -0.1) is 0 Å². The minimum absolute atomic E-state index is 0.746. The molecular formula is C13H16N2O. The number of hydrogen-bond donors (Lipinski definition) is 1. The number of aryl methyl sites for hydroxylation is 1. The lowest BCUT2D eigenvalue weighted by Crippen LogP contribution is -2.10. The van der Waals surface area contributed by atoms with Gasteiger partial charge in [-0.05, 0) is 43.5 Å². The fourth-order valence-electron chi connectivity index (χ4n) is 2.48. The van der Waals surface area contributed by atoms with E-state index in [9.17, 15) is 0 Å².